The van der Waals surface area contributed by atoms with Gasteiger partial charge in [-0.15, -0.1) is 0 Å². The third kappa shape index (κ3) is 23.5. The van der Waals surface area contributed by atoms with E-state index in [9.17, 15) is 29.7 Å². The molecule has 258 valence electrons. The minimum absolute atomic E-state index is 0.479. The molecule has 44 heavy (non-hydrogen) atoms. The molecule has 0 aliphatic rings. The van der Waals surface area contributed by atoms with Gasteiger partial charge in [-0.3, -0.25) is 14.4 Å². The number of hydrogen-bond donors (Lipinski definition) is 3. The zero-order valence-electron chi connectivity index (χ0n) is 29.1. The lowest BCUT2D eigenvalue weighted by Gasteiger charge is -2.40. The van der Waals surface area contributed by atoms with Gasteiger partial charge in [0.15, 0.2) is 0 Å². The number of carboxylic acids is 3. The zero-order chi connectivity index (χ0) is 33.1. The average Bonchev–Trinajstić information content (AvgIpc) is 2.99. The first-order chi connectivity index (χ1) is 21.0. The van der Waals surface area contributed by atoms with E-state index in [0.29, 0.717) is 43.4 Å². The van der Waals surface area contributed by atoms with Crippen LogP contribution in [0.4, 0.5) is 0 Å². The van der Waals surface area contributed by atoms with Crippen molar-refractivity contribution in [3.8, 4) is 0 Å². The Bertz CT molecular complexity index is 707. The highest BCUT2D eigenvalue weighted by Gasteiger charge is 2.31. The number of carbonyl (C=O) groups is 3. The molecule has 0 aliphatic heterocycles. The maximum Gasteiger partial charge on any atom is 0.306 e. The lowest BCUT2D eigenvalue weighted by Crippen LogP contribution is -2.52. The molecule has 3 atom stereocenters. The van der Waals surface area contributed by atoms with Gasteiger partial charge in [-0.2, -0.15) is 0 Å². The molecule has 0 aliphatic carbocycles. The fourth-order valence-corrected chi connectivity index (χ4v) is 5.85. The highest BCUT2D eigenvalue weighted by Crippen LogP contribution is 2.22. The molecule has 0 saturated carbocycles. The minimum Gasteiger partial charge on any atom is -0.481 e. The van der Waals surface area contributed by atoms with E-state index >= 15 is 0 Å². The van der Waals surface area contributed by atoms with Gasteiger partial charge in [0.2, 0.25) is 0 Å². The summed E-state index contributed by atoms with van der Waals surface area (Å²) >= 11 is 0. The number of carboxylic acid groups (broad SMARTS) is 3. The van der Waals surface area contributed by atoms with E-state index in [2.05, 4.69) is 19.1 Å². The molecular formula is C37H70NO6+. The molecule has 0 aromatic rings. The summed E-state index contributed by atoms with van der Waals surface area (Å²) in [4.78, 5) is 34.5. The van der Waals surface area contributed by atoms with Gasteiger partial charge in [-0.1, -0.05) is 117 Å². The predicted molar refractivity (Wildman–Crippen MR) is 182 cm³/mol. The number of unbranched alkanes of at least 4 members (excludes halogenated alkanes) is 16. The number of quaternary nitrogens is 1. The number of allylic oxidation sites excluding steroid dienone is 2. The Labute approximate surface area is 270 Å². The van der Waals surface area contributed by atoms with Crippen molar-refractivity contribution >= 4 is 17.9 Å². The summed E-state index contributed by atoms with van der Waals surface area (Å²) in [6.45, 7) is 10.2. The summed E-state index contributed by atoms with van der Waals surface area (Å²) < 4.78 is 0.613. The number of rotatable bonds is 32. The smallest absolute Gasteiger partial charge is 0.306 e. The number of aliphatic carboxylic acids is 3. The molecule has 0 amide bonds. The van der Waals surface area contributed by atoms with Gasteiger partial charge in [0.1, 0.15) is 0 Å². The van der Waals surface area contributed by atoms with Crippen LogP contribution >= 0.6 is 0 Å². The first-order valence-corrected chi connectivity index (χ1v) is 18.2. The van der Waals surface area contributed by atoms with Crippen molar-refractivity contribution in [1.29, 1.82) is 0 Å². The Kier molecular flexibility index (Phi) is 26.2. The molecule has 7 heteroatoms. The zero-order valence-corrected chi connectivity index (χ0v) is 29.1. The van der Waals surface area contributed by atoms with E-state index in [0.717, 1.165) is 19.4 Å². The van der Waals surface area contributed by atoms with Crippen LogP contribution in [0.2, 0.25) is 0 Å². The lowest BCUT2D eigenvalue weighted by atomic mass is 10.0. The number of nitrogens with zero attached hydrogens (tertiary/aromatic N) is 1. The maximum absolute atomic E-state index is 11.5. The molecule has 0 heterocycles. The predicted octanol–water partition coefficient (Wildman–Crippen LogP) is 9.73. The van der Waals surface area contributed by atoms with Crippen LogP contribution in [0.1, 0.15) is 163 Å². The molecule has 0 bridgehead atoms. The third-order valence-electron chi connectivity index (χ3n) is 9.52. The topological polar surface area (TPSA) is 112 Å². The maximum atomic E-state index is 11.5. The van der Waals surface area contributed by atoms with Gasteiger partial charge in [-0.05, 0) is 38.5 Å². The van der Waals surface area contributed by atoms with E-state index in [1.165, 1.54) is 103 Å². The third-order valence-corrected chi connectivity index (χ3v) is 9.52. The highest BCUT2D eigenvalue weighted by molar-refractivity contribution is 5.70. The fraction of sp³-hybridized carbons (Fsp3) is 0.865. The summed E-state index contributed by atoms with van der Waals surface area (Å²) in [5.41, 5.74) is 0. The Morgan fingerprint density at radius 2 is 0.773 bits per heavy atom. The molecule has 0 radical (unpaired) electrons. The standard InChI is InChI=1S/C37H69NO6/c1-5-6-7-8-9-10-11-12-13-14-15-16-17-18-19-20-21-22-23-24-28-38(29-25-32(2)35(39)40,30-26-33(3)36(41)42)31-27-34(4)37(43)44/h11-12,32-34H,5-10,13-31H2,1-4H3,(H2-,39,40,41,42,43,44)/p+1/b12-11+. The van der Waals surface area contributed by atoms with Gasteiger partial charge >= 0.3 is 17.9 Å². The fourth-order valence-electron chi connectivity index (χ4n) is 5.85. The van der Waals surface area contributed by atoms with Crippen molar-refractivity contribution in [2.45, 2.75) is 163 Å². The molecule has 0 spiro atoms. The molecule has 3 unspecified atom stereocenters. The molecular weight excluding hydrogens is 554 g/mol. The number of hydrogen-bond acceptors (Lipinski definition) is 3. The largest absolute Gasteiger partial charge is 0.481 e. The molecule has 0 saturated heterocycles. The first kappa shape index (κ1) is 42.1. The minimum atomic E-state index is -0.822. The molecule has 3 N–H and O–H groups in total. The summed E-state index contributed by atoms with van der Waals surface area (Å²) in [5.74, 6) is -3.90. The first-order valence-electron chi connectivity index (χ1n) is 18.2. The Hall–Kier alpha value is -1.89. The highest BCUT2D eigenvalue weighted by atomic mass is 16.4. The summed E-state index contributed by atoms with van der Waals surface area (Å²) in [5, 5.41) is 28.3. The normalized spacial score (nSPS) is 15.2. The SMILES string of the molecule is CCCCCCC/C=C/CCCCCCCCCCCCC[N+](CCC(C)C(=O)O)(CCC(C)C(=O)O)CCC(C)C(=O)O. The van der Waals surface area contributed by atoms with Gasteiger partial charge in [0.25, 0.3) is 0 Å². The summed E-state index contributed by atoms with van der Waals surface area (Å²) in [6, 6.07) is 0. The molecule has 7 nitrogen and oxygen atoms in total. The van der Waals surface area contributed by atoms with E-state index in [-0.39, 0.29) is 0 Å². The molecule has 0 rings (SSSR count). The van der Waals surface area contributed by atoms with E-state index in [4.69, 9.17) is 0 Å². The van der Waals surface area contributed by atoms with E-state index in [1.54, 1.807) is 20.8 Å². The van der Waals surface area contributed by atoms with Gasteiger partial charge in [0, 0.05) is 19.3 Å². The second-order valence-corrected chi connectivity index (χ2v) is 13.7. The van der Waals surface area contributed by atoms with E-state index < -0.39 is 35.7 Å². The Balaban J connectivity index is 4.40. The summed E-state index contributed by atoms with van der Waals surface area (Å²) in [6.07, 6.45) is 29.2. The van der Waals surface area contributed by atoms with Crippen molar-refractivity contribution in [2.24, 2.45) is 17.8 Å². The van der Waals surface area contributed by atoms with Gasteiger partial charge in [-0.25, -0.2) is 0 Å². The van der Waals surface area contributed by atoms with Crippen LogP contribution in [0, 0.1) is 17.8 Å². The van der Waals surface area contributed by atoms with Gasteiger partial charge in [0.05, 0.1) is 43.9 Å². The van der Waals surface area contributed by atoms with Crippen LogP contribution < -0.4 is 0 Å². The molecule has 0 fully saturated rings. The van der Waals surface area contributed by atoms with E-state index in [1.807, 2.05) is 0 Å². The second-order valence-electron chi connectivity index (χ2n) is 13.7. The molecule has 0 aromatic heterocycles. The van der Waals surface area contributed by atoms with Crippen molar-refractivity contribution < 1.29 is 34.2 Å². The average molecular weight is 625 g/mol. The van der Waals surface area contributed by atoms with Crippen molar-refractivity contribution in [2.75, 3.05) is 26.2 Å². The van der Waals surface area contributed by atoms with Crippen LogP contribution in [-0.4, -0.2) is 63.9 Å². The van der Waals surface area contributed by atoms with Crippen molar-refractivity contribution in [3.63, 3.8) is 0 Å². The van der Waals surface area contributed by atoms with Crippen LogP contribution in [0.25, 0.3) is 0 Å². The van der Waals surface area contributed by atoms with Crippen molar-refractivity contribution in [1.82, 2.24) is 0 Å². The second kappa shape index (κ2) is 27.4. The molecule has 0 aromatic carbocycles. The van der Waals surface area contributed by atoms with Crippen LogP contribution in [0.15, 0.2) is 12.2 Å². The van der Waals surface area contributed by atoms with Crippen LogP contribution in [0.5, 0.6) is 0 Å². The van der Waals surface area contributed by atoms with Crippen LogP contribution in [0.3, 0.4) is 0 Å². The Morgan fingerprint density at radius 1 is 0.477 bits per heavy atom. The van der Waals surface area contributed by atoms with Crippen molar-refractivity contribution in [3.05, 3.63) is 12.2 Å². The Morgan fingerprint density at radius 3 is 1.09 bits per heavy atom. The monoisotopic (exact) mass is 625 g/mol. The lowest BCUT2D eigenvalue weighted by molar-refractivity contribution is -0.929. The van der Waals surface area contributed by atoms with Crippen LogP contribution in [-0.2, 0) is 14.4 Å². The summed E-state index contributed by atoms with van der Waals surface area (Å²) in [7, 11) is 0. The van der Waals surface area contributed by atoms with Gasteiger partial charge < -0.3 is 19.8 Å². The quantitative estimate of drug-likeness (QED) is 0.0390.